The summed E-state index contributed by atoms with van der Waals surface area (Å²) in [4.78, 5) is 12.1. The molecule has 0 radical (unpaired) electrons. The summed E-state index contributed by atoms with van der Waals surface area (Å²) in [6.07, 6.45) is 7.77. The summed E-state index contributed by atoms with van der Waals surface area (Å²) in [6, 6.07) is 0.134. The van der Waals surface area contributed by atoms with Crippen LogP contribution in [0.1, 0.15) is 19.9 Å². The molecular formula is C12H13BrN6O2S. The summed E-state index contributed by atoms with van der Waals surface area (Å²) >= 11 is 3.24. The summed E-state index contributed by atoms with van der Waals surface area (Å²) in [5, 5.41) is -0.0439. The van der Waals surface area contributed by atoms with Crippen LogP contribution in [0.4, 0.5) is 5.82 Å². The van der Waals surface area contributed by atoms with Gasteiger partial charge >= 0.3 is 0 Å². The lowest BCUT2D eigenvalue weighted by Crippen LogP contribution is -2.13. The Morgan fingerprint density at radius 2 is 2.00 bits per heavy atom. The highest BCUT2D eigenvalue weighted by atomic mass is 79.9. The first kappa shape index (κ1) is 15.0. The van der Waals surface area contributed by atoms with Crippen LogP contribution >= 0.6 is 15.9 Å². The van der Waals surface area contributed by atoms with Crippen molar-refractivity contribution >= 4 is 37.4 Å². The molecule has 0 aliphatic rings. The van der Waals surface area contributed by atoms with Crippen LogP contribution in [0, 0.1) is 0 Å². The van der Waals surface area contributed by atoms with Crippen molar-refractivity contribution in [3.63, 3.8) is 0 Å². The summed E-state index contributed by atoms with van der Waals surface area (Å²) in [5.74, 6) is 0.207. The van der Waals surface area contributed by atoms with E-state index in [1.165, 1.54) is 18.7 Å². The van der Waals surface area contributed by atoms with Crippen molar-refractivity contribution in [2.24, 2.45) is 0 Å². The second-order valence-corrected chi connectivity index (χ2v) is 7.40. The second kappa shape index (κ2) is 5.36. The van der Waals surface area contributed by atoms with Gasteiger partial charge < -0.3 is 8.97 Å². The number of nitrogens with one attached hydrogen (secondary N) is 1. The van der Waals surface area contributed by atoms with E-state index in [0.717, 1.165) is 0 Å². The minimum atomic E-state index is -3.77. The van der Waals surface area contributed by atoms with E-state index in [1.54, 1.807) is 21.4 Å². The van der Waals surface area contributed by atoms with Crippen LogP contribution in [-0.4, -0.2) is 32.3 Å². The van der Waals surface area contributed by atoms with Gasteiger partial charge in [-0.15, -0.1) is 0 Å². The predicted octanol–water partition coefficient (Wildman–Crippen LogP) is 2.07. The fourth-order valence-electron chi connectivity index (χ4n) is 1.85. The van der Waals surface area contributed by atoms with Gasteiger partial charge in [0.2, 0.25) is 0 Å². The molecule has 3 aromatic heterocycles. The van der Waals surface area contributed by atoms with Crippen LogP contribution in [0.2, 0.25) is 0 Å². The zero-order valence-electron chi connectivity index (χ0n) is 11.8. The minimum absolute atomic E-state index is 0.0439. The van der Waals surface area contributed by atoms with Crippen molar-refractivity contribution < 1.29 is 8.42 Å². The highest BCUT2D eigenvalue weighted by Crippen LogP contribution is 2.17. The van der Waals surface area contributed by atoms with Gasteiger partial charge in [0.15, 0.2) is 16.5 Å². The molecule has 0 aliphatic heterocycles. The molecule has 0 unspecified atom stereocenters. The molecule has 116 valence electrons. The highest BCUT2D eigenvalue weighted by molar-refractivity contribution is 9.10. The lowest BCUT2D eigenvalue weighted by Gasteiger charge is -2.04. The number of fused-ring (bicyclic) bond motifs is 1. The van der Waals surface area contributed by atoms with E-state index in [-0.39, 0.29) is 16.9 Å². The maximum absolute atomic E-state index is 12.3. The zero-order chi connectivity index (χ0) is 15.9. The molecular weight excluding hydrogens is 372 g/mol. The largest absolute Gasteiger partial charge is 0.334 e. The van der Waals surface area contributed by atoms with E-state index in [1.807, 2.05) is 13.8 Å². The maximum Gasteiger partial charge on any atom is 0.282 e. The smallest absolute Gasteiger partial charge is 0.282 e. The average Bonchev–Trinajstić information content (AvgIpc) is 3.03. The highest BCUT2D eigenvalue weighted by Gasteiger charge is 2.19. The molecule has 10 heteroatoms. The number of anilines is 1. The Bertz CT molecular complexity index is 930. The molecule has 0 bridgehead atoms. The van der Waals surface area contributed by atoms with Gasteiger partial charge in [-0.1, -0.05) is 0 Å². The van der Waals surface area contributed by atoms with Crippen molar-refractivity contribution in [1.29, 1.82) is 0 Å². The number of imidazole rings is 2. The fourth-order valence-corrected chi connectivity index (χ4v) is 3.10. The van der Waals surface area contributed by atoms with E-state index in [2.05, 4.69) is 35.6 Å². The SMILES string of the molecule is CC(C)n1cnc(S(=O)(=O)Nc2cn3cc(Br)ncc3n2)c1. The van der Waals surface area contributed by atoms with Crippen molar-refractivity contribution in [3.05, 3.63) is 35.7 Å². The van der Waals surface area contributed by atoms with Crippen molar-refractivity contribution in [2.45, 2.75) is 24.9 Å². The Morgan fingerprint density at radius 1 is 1.23 bits per heavy atom. The molecule has 0 aromatic carbocycles. The first-order chi connectivity index (χ1) is 10.3. The van der Waals surface area contributed by atoms with Crippen LogP contribution in [0.3, 0.4) is 0 Å². The lowest BCUT2D eigenvalue weighted by molar-refractivity contribution is 0.591. The third kappa shape index (κ3) is 2.83. The minimum Gasteiger partial charge on any atom is -0.334 e. The van der Waals surface area contributed by atoms with Crippen molar-refractivity contribution in [1.82, 2.24) is 23.9 Å². The molecule has 3 aromatic rings. The van der Waals surface area contributed by atoms with E-state index >= 15 is 0 Å². The number of rotatable bonds is 4. The summed E-state index contributed by atoms with van der Waals surface area (Å²) in [7, 11) is -3.77. The molecule has 0 aliphatic carbocycles. The molecule has 0 fully saturated rings. The Labute approximate surface area is 135 Å². The van der Waals surface area contributed by atoms with Gasteiger partial charge in [-0.3, -0.25) is 4.72 Å². The Balaban J connectivity index is 1.91. The van der Waals surface area contributed by atoms with Gasteiger partial charge in [-0.2, -0.15) is 8.42 Å². The van der Waals surface area contributed by atoms with Crippen molar-refractivity contribution in [2.75, 3.05) is 4.72 Å². The first-order valence-electron chi connectivity index (χ1n) is 6.42. The van der Waals surface area contributed by atoms with Gasteiger partial charge in [-0.05, 0) is 29.8 Å². The lowest BCUT2D eigenvalue weighted by atomic mass is 10.4. The van der Waals surface area contributed by atoms with E-state index in [4.69, 9.17) is 0 Å². The maximum atomic E-state index is 12.3. The third-order valence-corrected chi connectivity index (χ3v) is 4.65. The number of sulfonamides is 1. The topological polar surface area (TPSA) is 94.2 Å². The standard InChI is InChI=1S/C12H13BrN6O2S/c1-8(2)19-6-12(15-7-19)22(20,21)17-10-5-18-4-9(13)14-3-11(18)16-10/h3-8,17H,1-2H3. The Morgan fingerprint density at radius 3 is 2.68 bits per heavy atom. The molecule has 8 nitrogen and oxygen atoms in total. The number of hydrogen-bond acceptors (Lipinski definition) is 5. The van der Waals surface area contributed by atoms with E-state index < -0.39 is 10.0 Å². The van der Waals surface area contributed by atoms with Crippen LogP contribution in [-0.2, 0) is 10.0 Å². The number of aromatic nitrogens is 5. The molecule has 0 saturated carbocycles. The fraction of sp³-hybridized carbons (Fsp3) is 0.250. The normalized spacial score (nSPS) is 12.2. The quantitative estimate of drug-likeness (QED) is 0.742. The van der Waals surface area contributed by atoms with Gasteiger partial charge in [0.1, 0.15) is 4.60 Å². The molecule has 0 saturated heterocycles. The molecule has 3 heterocycles. The van der Waals surface area contributed by atoms with Gasteiger partial charge in [0.25, 0.3) is 10.0 Å². The molecule has 22 heavy (non-hydrogen) atoms. The van der Waals surface area contributed by atoms with Crippen LogP contribution in [0.15, 0.2) is 40.7 Å². The van der Waals surface area contributed by atoms with Crippen LogP contribution in [0.5, 0.6) is 0 Å². The summed E-state index contributed by atoms with van der Waals surface area (Å²) in [5.41, 5.74) is 0.536. The first-order valence-corrected chi connectivity index (χ1v) is 8.69. The molecule has 1 N–H and O–H groups in total. The van der Waals surface area contributed by atoms with Crippen LogP contribution < -0.4 is 4.72 Å². The molecule has 3 rings (SSSR count). The Hall–Kier alpha value is -1.94. The summed E-state index contributed by atoms with van der Waals surface area (Å²) < 4.78 is 31.1. The second-order valence-electron chi connectivity index (χ2n) is 4.96. The van der Waals surface area contributed by atoms with E-state index in [0.29, 0.717) is 10.3 Å². The van der Waals surface area contributed by atoms with Crippen LogP contribution in [0.25, 0.3) is 5.65 Å². The molecule has 0 atom stereocenters. The molecule has 0 amide bonds. The van der Waals surface area contributed by atoms with Gasteiger partial charge in [0, 0.05) is 18.4 Å². The molecule has 0 spiro atoms. The zero-order valence-corrected chi connectivity index (χ0v) is 14.2. The van der Waals surface area contributed by atoms with Gasteiger partial charge in [-0.25, -0.2) is 15.0 Å². The van der Waals surface area contributed by atoms with E-state index in [9.17, 15) is 8.42 Å². The number of nitrogens with zero attached hydrogens (tertiary/aromatic N) is 5. The third-order valence-electron chi connectivity index (χ3n) is 3.00. The van der Waals surface area contributed by atoms with Gasteiger partial charge in [0.05, 0.1) is 18.7 Å². The Kier molecular flexibility index (Phi) is 3.65. The summed E-state index contributed by atoms with van der Waals surface area (Å²) in [6.45, 7) is 3.89. The van der Waals surface area contributed by atoms with Crippen molar-refractivity contribution in [3.8, 4) is 0 Å². The monoisotopic (exact) mass is 384 g/mol. The number of halogens is 1. The predicted molar refractivity (Wildman–Crippen MR) is 84.1 cm³/mol. The average molecular weight is 385 g/mol. The number of hydrogen-bond donors (Lipinski definition) is 1.